The molecule has 1 saturated heterocycles. The van der Waals surface area contributed by atoms with Gasteiger partial charge in [0.05, 0.1) is 5.69 Å². The summed E-state index contributed by atoms with van der Waals surface area (Å²) in [5, 5.41) is 0. The van der Waals surface area contributed by atoms with Crippen molar-refractivity contribution in [1.82, 2.24) is 0 Å². The third kappa shape index (κ3) is 1.28. The lowest BCUT2D eigenvalue weighted by Crippen LogP contribution is -2.46. The number of fused-ring (bicyclic) bond motifs is 2. The third-order valence-corrected chi connectivity index (χ3v) is 3.59. The van der Waals surface area contributed by atoms with E-state index in [2.05, 4.69) is 0 Å². The maximum absolute atomic E-state index is 12.1. The molecular weight excluding hydrogens is 202 g/mol. The number of hydrogen-bond acceptors (Lipinski definition) is 2. The maximum atomic E-state index is 12.1. The van der Waals surface area contributed by atoms with Crippen molar-refractivity contribution in [2.24, 2.45) is 11.8 Å². The van der Waals surface area contributed by atoms with Crippen molar-refractivity contribution < 1.29 is 9.59 Å². The van der Waals surface area contributed by atoms with Gasteiger partial charge in [0.2, 0.25) is 11.8 Å². The highest BCUT2D eigenvalue weighted by atomic mass is 16.2. The van der Waals surface area contributed by atoms with E-state index in [-0.39, 0.29) is 23.7 Å². The summed E-state index contributed by atoms with van der Waals surface area (Å²) in [6.45, 7) is 0. The van der Waals surface area contributed by atoms with E-state index < -0.39 is 0 Å². The number of nitrogens with zero attached hydrogens (tertiary/aromatic N) is 1. The van der Waals surface area contributed by atoms with E-state index in [1.165, 1.54) is 4.90 Å². The number of benzene rings is 1. The van der Waals surface area contributed by atoms with E-state index in [4.69, 9.17) is 0 Å². The summed E-state index contributed by atoms with van der Waals surface area (Å²) in [7, 11) is 0. The maximum Gasteiger partial charge on any atom is 0.236 e. The van der Waals surface area contributed by atoms with Crippen LogP contribution in [-0.2, 0) is 9.59 Å². The summed E-state index contributed by atoms with van der Waals surface area (Å²) in [5.41, 5.74) is 0.717. The van der Waals surface area contributed by atoms with Gasteiger partial charge in [-0.15, -0.1) is 0 Å². The molecule has 1 aromatic carbocycles. The van der Waals surface area contributed by atoms with Crippen LogP contribution >= 0.6 is 0 Å². The molecule has 0 radical (unpaired) electrons. The molecule has 2 aliphatic rings. The summed E-state index contributed by atoms with van der Waals surface area (Å²) in [5.74, 6) is 0.126. The van der Waals surface area contributed by atoms with Crippen LogP contribution in [0.2, 0.25) is 0 Å². The topological polar surface area (TPSA) is 37.4 Å². The molecule has 1 heterocycles. The van der Waals surface area contributed by atoms with Gasteiger partial charge in [-0.05, 0) is 31.4 Å². The molecule has 2 bridgehead atoms. The minimum atomic E-state index is -0.00931. The zero-order chi connectivity index (χ0) is 11.1. The van der Waals surface area contributed by atoms with Crippen molar-refractivity contribution >= 4 is 17.5 Å². The number of rotatable bonds is 1. The Morgan fingerprint density at radius 3 is 2.06 bits per heavy atom. The number of hydrogen-bond donors (Lipinski definition) is 0. The molecule has 82 valence electrons. The van der Waals surface area contributed by atoms with Crippen LogP contribution in [0.5, 0.6) is 0 Å². The Balaban J connectivity index is 2.01. The summed E-state index contributed by atoms with van der Waals surface area (Å²) in [6.07, 6.45) is 2.51. The second kappa shape index (κ2) is 3.44. The lowest BCUT2D eigenvalue weighted by molar-refractivity contribution is -0.132. The van der Waals surface area contributed by atoms with Gasteiger partial charge in [0, 0.05) is 11.8 Å². The Morgan fingerprint density at radius 2 is 1.50 bits per heavy atom. The number of anilines is 1. The van der Waals surface area contributed by atoms with Crippen LogP contribution in [0, 0.1) is 11.8 Å². The summed E-state index contributed by atoms with van der Waals surface area (Å²) >= 11 is 0. The molecule has 16 heavy (non-hydrogen) atoms. The van der Waals surface area contributed by atoms with Gasteiger partial charge in [0.1, 0.15) is 0 Å². The Hall–Kier alpha value is -1.64. The zero-order valence-corrected chi connectivity index (χ0v) is 8.93. The van der Waals surface area contributed by atoms with Crippen molar-refractivity contribution in [3.63, 3.8) is 0 Å². The average Bonchev–Trinajstić information content (AvgIpc) is 2.75. The highest BCUT2D eigenvalue weighted by Gasteiger charge is 2.45. The van der Waals surface area contributed by atoms with Crippen LogP contribution in [0.15, 0.2) is 30.3 Å². The van der Waals surface area contributed by atoms with Crippen LogP contribution in [0.3, 0.4) is 0 Å². The molecule has 1 aromatic rings. The monoisotopic (exact) mass is 215 g/mol. The molecule has 0 aromatic heterocycles. The molecule has 2 atom stereocenters. The number of imide groups is 1. The van der Waals surface area contributed by atoms with Crippen LogP contribution in [0.1, 0.15) is 19.3 Å². The lowest BCUT2D eigenvalue weighted by atomic mass is 9.96. The van der Waals surface area contributed by atoms with Gasteiger partial charge in [0.25, 0.3) is 0 Å². The minimum absolute atomic E-state index is 0.00931. The Kier molecular flexibility index (Phi) is 2.06. The smallest absolute Gasteiger partial charge is 0.236 e. The number of piperidine rings is 1. The highest BCUT2D eigenvalue weighted by Crippen LogP contribution is 2.39. The summed E-state index contributed by atoms with van der Waals surface area (Å²) < 4.78 is 0. The van der Waals surface area contributed by atoms with Gasteiger partial charge in [-0.25, -0.2) is 0 Å². The molecule has 3 rings (SSSR count). The average molecular weight is 215 g/mol. The van der Waals surface area contributed by atoms with Crippen molar-refractivity contribution in [3.05, 3.63) is 30.3 Å². The predicted octanol–water partition coefficient (Wildman–Crippen LogP) is 1.98. The van der Waals surface area contributed by atoms with Crippen LogP contribution < -0.4 is 4.90 Å². The largest absolute Gasteiger partial charge is 0.274 e. The van der Waals surface area contributed by atoms with Crippen molar-refractivity contribution in [2.75, 3.05) is 4.90 Å². The fourth-order valence-corrected chi connectivity index (χ4v) is 2.74. The fourth-order valence-electron chi connectivity index (χ4n) is 2.74. The first kappa shape index (κ1) is 9.58. The Bertz CT molecular complexity index is 419. The Morgan fingerprint density at radius 1 is 0.938 bits per heavy atom. The Labute approximate surface area is 94.1 Å². The van der Waals surface area contributed by atoms with E-state index >= 15 is 0 Å². The van der Waals surface area contributed by atoms with E-state index in [1.54, 1.807) is 0 Å². The van der Waals surface area contributed by atoms with E-state index in [9.17, 15) is 9.59 Å². The van der Waals surface area contributed by atoms with Crippen LogP contribution in [-0.4, -0.2) is 11.8 Å². The molecule has 2 unspecified atom stereocenters. The molecule has 1 aliphatic heterocycles. The molecule has 2 amide bonds. The third-order valence-electron chi connectivity index (χ3n) is 3.59. The normalized spacial score (nSPS) is 28.6. The van der Waals surface area contributed by atoms with E-state index in [0.29, 0.717) is 5.69 Å². The van der Waals surface area contributed by atoms with Gasteiger partial charge in [-0.1, -0.05) is 18.2 Å². The first-order chi connectivity index (χ1) is 7.77. The van der Waals surface area contributed by atoms with Gasteiger partial charge >= 0.3 is 0 Å². The molecule has 0 N–H and O–H groups in total. The number of amides is 2. The number of para-hydroxylation sites is 1. The first-order valence-electron chi connectivity index (χ1n) is 5.70. The van der Waals surface area contributed by atoms with Crippen LogP contribution in [0.25, 0.3) is 0 Å². The quantitative estimate of drug-likeness (QED) is 0.672. The number of carbonyl (C=O) groups excluding carboxylic acids is 2. The minimum Gasteiger partial charge on any atom is -0.274 e. The SMILES string of the molecule is O=C1C2CCC(C2)C(=O)N1c1ccccc1. The second-order valence-electron chi connectivity index (χ2n) is 4.55. The van der Waals surface area contributed by atoms with Crippen LogP contribution in [0.4, 0.5) is 5.69 Å². The predicted molar refractivity (Wildman–Crippen MR) is 59.8 cm³/mol. The first-order valence-corrected chi connectivity index (χ1v) is 5.70. The zero-order valence-electron chi connectivity index (χ0n) is 8.93. The van der Waals surface area contributed by atoms with Crippen molar-refractivity contribution in [2.45, 2.75) is 19.3 Å². The molecule has 3 nitrogen and oxygen atoms in total. The van der Waals surface area contributed by atoms with Crippen molar-refractivity contribution in [3.8, 4) is 0 Å². The summed E-state index contributed by atoms with van der Waals surface area (Å²) in [4.78, 5) is 25.6. The van der Waals surface area contributed by atoms with E-state index in [1.807, 2.05) is 30.3 Å². The summed E-state index contributed by atoms with van der Waals surface area (Å²) in [6, 6.07) is 9.23. The van der Waals surface area contributed by atoms with Gasteiger partial charge in [-0.2, -0.15) is 0 Å². The molecule has 1 saturated carbocycles. The molecular formula is C13H13NO2. The second-order valence-corrected chi connectivity index (χ2v) is 4.55. The lowest BCUT2D eigenvalue weighted by Gasteiger charge is -2.29. The van der Waals surface area contributed by atoms with E-state index in [0.717, 1.165) is 19.3 Å². The fraction of sp³-hybridized carbons (Fsp3) is 0.385. The number of carbonyl (C=O) groups is 2. The standard InChI is InChI=1S/C13H13NO2/c15-12-9-6-7-10(8-9)13(16)14(12)11-4-2-1-3-5-11/h1-5,9-10H,6-8H2. The van der Waals surface area contributed by atoms with Gasteiger partial charge < -0.3 is 0 Å². The van der Waals surface area contributed by atoms with Gasteiger partial charge in [0.15, 0.2) is 0 Å². The molecule has 2 fully saturated rings. The molecule has 1 aliphatic carbocycles. The molecule has 3 heteroatoms. The highest BCUT2D eigenvalue weighted by molar-refractivity contribution is 6.18. The van der Waals surface area contributed by atoms with Crippen molar-refractivity contribution in [1.29, 1.82) is 0 Å². The molecule has 0 spiro atoms. The van der Waals surface area contributed by atoms with Gasteiger partial charge in [-0.3, -0.25) is 14.5 Å².